The van der Waals surface area contributed by atoms with Gasteiger partial charge in [0, 0.05) is 49.7 Å². The molecular formula is C20H29N5. The number of aromatic nitrogens is 2. The van der Waals surface area contributed by atoms with Gasteiger partial charge in [0.1, 0.15) is 5.82 Å². The van der Waals surface area contributed by atoms with Crippen molar-refractivity contribution in [2.24, 2.45) is 0 Å². The van der Waals surface area contributed by atoms with Crippen molar-refractivity contribution in [3.63, 3.8) is 0 Å². The third-order valence-corrected chi connectivity index (χ3v) is 4.76. The van der Waals surface area contributed by atoms with Gasteiger partial charge in [-0.2, -0.15) is 4.98 Å². The summed E-state index contributed by atoms with van der Waals surface area (Å²) in [6.07, 6.45) is 0. The molecule has 0 saturated carbocycles. The molecule has 1 aliphatic heterocycles. The summed E-state index contributed by atoms with van der Waals surface area (Å²) in [4.78, 5) is 14.1. The first kappa shape index (κ1) is 17.5. The van der Waals surface area contributed by atoms with Crippen LogP contribution in [0.5, 0.6) is 0 Å². The lowest BCUT2D eigenvalue weighted by atomic mass is 10.1. The van der Waals surface area contributed by atoms with Crippen LogP contribution < -0.4 is 15.1 Å². The second kappa shape index (κ2) is 7.30. The molecule has 1 aromatic carbocycles. The number of benzene rings is 1. The van der Waals surface area contributed by atoms with E-state index in [4.69, 9.17) is 4.98 Å². The van der Waals surface area contributed by atoms with E-state index in [9.17, 15) is 0 Å². The Balaban J connectivity index is 1.72. The molecule has 1 aliphatic rings. The second-order valence-electron chi connectivity index (χ2n) is 7.19. The molecule has 134 valence electrons. The van der Waals surface area contributed by atoms with Crippen LogP contribution >= 0.6 is 0 Å². The van der Waals surface area contributed by atoms with Gasteiger partial charge >= 0.3 is 0 Å². The fraction of sp³-hybridized carbons (Fsp3) is 0.500. The molecule has 25 heavy (non-hydrogen) atoms. The summed E-state index contributed by atoms with van der Waals surface area (Å²) < 4.78 is 0. The number of hydrogen-bond donors (Lipinski definition) is 1. The summed E-state index contributed by atoms with van der Waals surface area (Å²) >= 11 is 0. The fourth-order valence-electron chi connectivity index (χ4n) is 3.29. The summed E-state index contributed by atoms with van der Waals surface area (Å²) in [5.74, 6) is 1.75. The van der Waals surface area contributed by atoms with E-state index in [1.807, 2.05) is 13.0 Å². The van der Waals surface area contributed by atoms with Crippen molar-refractivity contribution < 1.29 is 0 Å². The highest BCUT2D eigenvalue weighted by Gasteiger charge is 2.21. The summed E-state index contributed by atoms with van der Waals surface area (Å²) in [6, 6.07) is 8.93. The normalized spacial score (nSPS) is 15.0. The quantitative estimate of drug-likeness (QED) is 0.923. The maximum Gasteiger partial charge on any atom is 0.227 e. The highest BCUT2D eigenvalue weighted by atomic mass is 15.3. The highest BCUT2D eigenvalue weighted by Crippen LogP contribution is 2.25. The van der Waals surface area contributed by atoms with Crippen LogP contribution in [-0.4, -0.2) is 42.2 Å². The molecule has 0 aliphatic carbocycles. The maximum absolute atomic E-state index is 4.71. The third-order valence-electron chi connectivity index (χ3n) is 4.76. The van der Waals surface area contributed by atoms with Crippen LogP contribution in [0.3, 0.4) is 0 Å². The van der Waals surface area contributed by atoms with Crippen LogP contribution in [0.2, 0.25) is 0 Å². The van der Waals surface area contributed by atoms with E-state index in [-0.39, 0.29) is 0 Å². The van der Waals surface area contributed by atoms with E-state index in [0.29, 0.717) is 6.04 Å². The van der Waals surface area contributed by atoms with Crippen molar-refractivity contribution in [2.75, 3.05) is 41.3 Å². The van der Waals surface area contributed by atoms with Gasteiger partial charge in [-0.05, 0) is 51.8 Å². The maximum atomic E-state index is 4.71. The molecule has 0 unspecified atom stereocenters. The van der Waals surface area contributed by atoms with Gasteiger partial charge in [0.2, 0.25) is 5.95 Å². The number of rotatable bonds is 4. The molecule has 1 N–H and O–H groups in total. The lowest BCUT2D eigenvalue weighted by Crippen LogP contribution is -2.47. The van der Waals surface area contributed by atoms with Crippen molar-refractivity contribution in [3.8, 4) is 0 Å². The number of piperazine rings is 1. The standard InChI is InChI=1S/C20H29N5/c1-14(2)21-19-13-16(4)22-20(23-19)25-11-9-24(10-12-25)18-8-6-7-15(3)17(18)5/h6-8,13-14H,9-12H2,1-5H3,(H,21,22,23). The molecular weight excluding hydrogens is 310 g/mol. The average Bonchev–Trinajstić information content (AvgIpc) is 2.56. The zero-order valence-corrected chi connectivity index (χ0v) is 16.0. The van der Waals surface area contributed by atoms with Crippen molar-refractivity contribution in [1.82, 2.24) is 9.97 Å². The Morgan fingerprint density at radius 2 is 1.64 bits per heavy atom. The summed E-state index contributed by atoms with van der Waals surface area (Å²) in [5.41, 5.74) is 5.09. The molecule has 0 atom stereocenters. The Labute approximate surface area is 151 Å². The average molecular weight is 339 g/mol. The molecule has 5 nitrogen and oxygen atoms in total. The van der Waals surface area contributed by atoms with Gasteiger partial charge in [-0.15, -0.1) is 0 Å². The summed E-state index contributed by atoms with van der Waals surface area (Å²) in [5, 5.41) is 3.39. The molecule has 0 radical (unpaired) electrons. The molecule has 0 bridgehead atoms. The zero-order valence-electron chi connectivity index (χ0n) is 16.0. The number of aryl methyl sites for hydroxylation is 2. The Hall–Kier alpha value is -2.30. The van der Waals surface area contributed by atoms with Crippen LogP contribution in [0, 0.1) is 20.8 Å². The van der Waals surface area contributed by atoms with Gasteiger partial charge in [-0.25, -0.2) is 4.98 Å². The zero-order chi connectivity index (χ0) is 18.0. The lowest BCUT2D eigenvalue weighted by Gasteiger charge is -2.37. The number of nitrogens with one attached hydrogen (secondary N) is 1. The molecule has 2 heterocycles. The van der Waals surface area contributed by atoms with E-state index in [0.717, 1.165) is 43.6 Å². The predicted octanol–water partition coefficient (Wildman–Crippen LogP) is 3.55. The smallest absolute Gasteiger partial charge is 0.227 e. The van der Waals surface area contributed by atoms with Crippen LogP contribution in [0.1, 0.15) is 30.7 Å². The first-order chi connectivity index (χ1) is 11.9. The molecule has 5 heteroatoms. The summed E-state index contributed by atoms with van der Waals surface area (Å²) in [7, 11) is 0. The molecule has 1 saturated heterocycles. The van der Waals surface area contributed by atoms with E-state index in [1.54, 1.807) is 0 Å². The van der Waals surface area contributed by atoms with Gasteiger partial charge in [0.15, 0.2) is 0 Å². The lowest BCUT2D eigenvalue weighted by molar-refractivity contribution is 0.638. The predicted molar refractivity (Wildman–Crippen MR) is 106 cm³/mol. The van der Waals surface area contributed by atoms with Gasteiger partial charge in [-0.3, -0.25) is 0 Å². The highest BCUT2D eigenvalue weighted by molar-refractivity contribution is 5.57. The van der Waals surface area contributed by atoms with Crippen molar-refractivity contribution >= 4 is 17.5 Å². The minimum absolute atomic E-state index is 0.364. The Bertz CT molecular complexity index is 733. The monoisotopic (exact) mass is 339 g/mol. The fourth-order valence-corrected chi connectivity index (χ4v) is 3.29. The van der Waals surface area contributed by atoms with E-state index in [1.165, 1.54) is 16.8 Å². The van der Waals surface area contributed by atoms with E-state index >= 15 is 0 Å². The SMILES string of the molecule is Cc1cc(NC(C)C)nc(N2CCN(c3cccc(C)c3C)CC2)n1. The van der Waals surface area contributed by atoms with Gasteiger partial charge in [0.05, 0.1) is 0 Å². The molecule has 2 aromatic rings. The van der Waals surface area contributed by atoms with Gasteiger partial charge in [0.25, 0.3) is 0 Å². The molecule has 0 amide bonds. The second-order valence-corrected chi connectivity index (χ2v) is 7.19. The van der Waals surface area contributed by atoms with Gasteiger partial charge < -0.3 is 15.1 Å². The molecule has 1 fully saturated rings. The number of hydrogen-bond acceptors (Lipinski definition) is 5. The minimum Gasteiger partial charge on any atom is -0.368 e. The topological polar surface area (TPSA) is 44.3 Å². The van der Waals surface area contributed by atoms with Crippen LogP contribution in [0.15, 0.2) is 24.3 Å². The number of anilines is 3. The van der Waals surface area contributed by atoms with Crippen LogP contribution in [0.4, 0.5) is 17.5 Å². The third kappa shape index (κ3) is 4.03. The molecule has 1 aromatic heterocycles. The minimum atomic E-state index is 0.364. The molecule has 0 spiro atoms. The van der Waals surface area contributed by atoms with E-state index < -0.39 is 0 Å². The number of nitrogens with zero attached hydrogens (tertiary/aromatic N) is 4. The van der Waals surface area contributed by atoms with Gasteiger partial charge in [-0.1, -0.05) is 12.1 Å². The Morgan fingerprint density at radius 3 is 2.32 bits per heavy atom. The summed E-state index contributed by atoms with van der Waals surface area (Å²) in [6.45, 7) is 14.5. The van der Waals surface area contributed by atoms with Crippen LogP contribution in [-0.2, 0) is 0 Å². The van der Waals surface area contributed by atoms with Crippen LogP contribution in [0.25, 0.3) is 0 Å². The molecule has 3 rings (SSSR count). The Morgan fingerprint density at radius 1 is 0.960 bits per heavy atom. The van der Waals surface area contributed by atoms with Crippen molar-refractivity contribution in [3.05, 3.63) is 41.1 Å². The first-order valence-electron chi connectivity index (χ1n) is 9.12. The first-order valence-corrected chi connectivity index (χ1v) is 9.12. The Kier molecular flexibility index (Phi) is 5.11. The van der Waals surface area contributed by atoms with E-state index in [2.05, 4.69) is 66.0 Å². The van der Waals surface area contributed by atoms with Crippen molar-refractivity contribution in [1.29, 1.82) is 0 Å². The largest absolute Gasteiger partial charge is 0.368 e. The van der Waals surface area contributed by atoms with Crippen molar-refractivity contribution in [2.45, 2.75) is 40.7 Å².